The van der Waals surface area contributed by atoms with E-state index in [1.807, 2.05) is 27.7 Å². The topological polar surface area (TPSA) is 63.4 Å². The van der Waals surface area contributed by atoms with Gasteiger partial charge in [-0.25, -0.2) is 20.0 Å². The molecule has 1 N–H and O–H groups in total. The number of aliphatic imine (C=N–C) groups is 2. The van der Waals surface area contributed by atoms with Crippen LogP contribution in [0.15, 0.2) is 33.8 Å². The number of ether oxygens (including phenoxy) is 2. The summed E-state index contributed by atoms with van der Waals surface area (Å²) in [6, 6.07) is -0.0912. The molecule has 0 spiro atoms. The predicted octanol–water partition coefficient (Wildman–Crippen LogP) is 6.41. The van der Waals surface area contributed by atoms with Crippen LogP contribution >= 0.6 is 10.0 Å². The van der Waals surface area contributed by atoms with Crippen molar-refractivity contribution < 1.29 is 14.6 Å². The lowest BCUT2D eigenvalue weighted by molar-refractivity contribution is 0.293. The smallest absolute Gasteiger partial charge is 0.209 e. The minimum Gasteiger partial charge on any atom is -0.480 e. The summed E-state index contributed by atoms with van der Waals surface area (Å²) in [6.07, 6.45) is 15.3. The Morgan fingerprint density at radius 3 is 2.25 bits per heavy atom. The number of rotatable bonds is 11. The molecule has 0 aromatic heterocycles. The van der Waals surface area contributed by atoms with E-state index in [4.69, 9.17) is 19.6 Å². The van der Waals surface area contributed by atoms with Crippen LogP contribution in [-0.4, -0.2) is 73.3 Å². The first-order valence-corrected chi connectivity index (χ1v) is 15.1. The summed E-state index contributed by atoms with van der Waals surface area (Å²) in [6.45, 7) is 16.2. The van der Waals surface area contributed by atoms with E-state index in [1.54, 1.807) is 0 Å². The zero-order chi connectivity index (χ0) is 24.8. The third-order valence-electron chi connectivity index (χ3n) is 4.37. The van der Waals surface area contributed by atoms with Crippen molar-refractivity contribution in [3.63, 3.8) is 0 Å². The molecule has 1 heterocycles. The van der Waals surface area contributed by atoms with Gasteiger partial charge in [-0.2, -0.15) is 0 Å². The molecule has 6 heteroatoms. The Labute approximate surface area is 200 Å². The van der Waals surface area contributed by atoms with E-state index >= 15 is 0 Å². The number of nitrogens with zero attached hydrogens (tertiary/aromatic N) is 2. The molecular formula is C26H52N2O3S. The third-order valence-corrected chi connectivity index (χ3v) is 6.86. The number of hydrogen-bond donors (Lipinski definition) is 1. The second-order valence-electron chi connectivity index (χ2n) is 7.81. The minimum atomic E-state index is -0.649. The van der Waals surface area contributed by atoms with Crippen molar-refractivity contribution in [3.05, 3.63) is 23.8 Å². The molecule has 0 fully saturated rings. The molecule has 1 aliphatic rings. The van der Waals surface area contributed by atoms with Crippen molar-refractivity contribution in [2.45, 2.75) is 80.2 Å². The van der Waals surface area contributed by atoms with Gasteiger partial charge in [-0.05, 0) is 64.1 Å². The molecule has 5 nitrogen and oxygen atoms in total. The van der Waals surface area contributed by atoms with Gasteiger partial charge >= 0.3 is 0 Å². The summed E-state index contributed by atoms with van der Waals surface area (Å²) < 4.78 is 11.3. The van der Waals surface area contributed by atoms with Crippen molar-refractivity contribution in [2.24, 2.45) is 9.98 Å². The Balaban J connectivity index is 0. The summed E-state index contributed by atoms with van der Waals surface area (Å²) in [5.74, 6) is 3.64. The van der Waals surface area contributed by atoms with Gasteiger partial charge in [0.15, 0.2) is 0 Å². The summed E-state index contributed by atoms with van der Waals surface area (Å²) in [7, 11) is -0.649. The van der Waals surface area contributed by atoms with Crippen LogP contribution in [0.2, 0.25) is 0 Å². The van der Waals surface area contributed by atoms with Gasteiger partial charge in [0, 0.05) is 6.61 Å². The molecule has 32 heavy (non-hydrogen) atoms. The van der Waals surface area contributed by atoms with Crippen LogP contribution in [0.4, 0.5) is 0 Å². The first kappa shape index (κ1) is 32.9. The second kappa shape index (κ2) is 21.6. The van der Waals surface area contributed by atoms with Crippen molar-refractivity contribution >= 4 is 21.8 Å². The van der Waals surface area contributed by atoms with Gasteiger partial charge in [-0.3, -0.25) is 0 Å². The van der Waals surface area contributed by atoms with Crippen LogP contribution in [-0.2, 0) is 9.47 Å². The highest BCUT2D eigenvalue weighted by atomic mass is 32.3. The molecule has 0 amide bonds. The lowest BCUT2D eigenvalue weighted by Gasteiger charge is -2.29. The quantitative estimate of drug-likeness (QED) is 0.353. The van der Waals surface area contributed by atoms with E-state index in [-0.39, 0.29) is 12.6 Å². The lowest BCUT2D eigenvalue weighted by atomic mass is 10.0. The highest BCUT2D eigenvalue weighted by molar-refractivity contribution is 8.32. The van der Waals surface area contributed by atoms with Gasteiger partial charge in [0.25, 0.3) is 0 Å². The molecule has 1 unspecified atom stereocenters. The maximum atomic E-state index is 9.02. The first-order chi connectivity index (χ1) is 15.4. The van der Waals surface area contributed by atoms with Crippen molar-refractivity contribution in [3.8, 4) is 0 Å². The molecule has 1 rings (SSSR count). The highest BCUT2D eigenvalue weighted by Crippen LogP contribution is 2.40. The molecule has 0 saturated carbocycles. The molecule has 0 saturated heterocycles. The average molecular weight is 473 g/mol. The normalized spacial score (nSPS) is 16.8. The molecule has 190 valence electrons. The SMILES string of the molecule is C/C=C(\C/C=C\CS(C)(C)CCCO)CC1N=C(OCC)CN=C1OCC.CC.CCC. The van der Waals surface area contributed by atoms with E-state index in [2.05, 4.69) is 56.5 Å². The zero-order valence-corrected chi connectivity index (χ0v) is 23.3. The van der Waals surface area contributed by atoms with E-state index in [0.717, 1.165) is 36.7 Å². The lowest BCUT2D eigenvalue weighted by Crippen LogP contribution is -2.30. The van der Waals surface area contributed by atoms with Gasteiger partial charge in [-0.15, -0.1) is 0 Å². The molecule has 0 aliphatic carbocycles. The van der Waals surface area contributed by atoms with Crippen molar-refractivity contribution in [1.29, 1.82) is 0 Å². The van der Waals surface area contributed by atoms with Crippen LogP contribution in [0.1, 0.15) is 74.1 Å². The van der Waals surface area contributed by atoms with E-state index in [0.29, 0.717) is 25.7 Å². The Kier molecular flexibility index (Phi) is 22.2. The van der Waals surface area contributed by atoms with Crippen molar-refractivity contribution in [1.82, 2.24) is 0 Å². The number of aliphatic hydroxyl groups is 1. The fourth-order valence-corrected chi connectivity index (χ4v) is 4.60. The molecule has 1 atom stereocenters. The maximum absolute atomic E-state index is 9.02. The van der Waals surface area contributed by atoms with E-state index in [9.17, 15) is 0 Å². The Morgan fingerprint density at radius 1 is 1.09 bits per heavy atom. The summed E-state index contributed by atoms with van der Waals surface area (Å²) >= 11 is 0. The monoisotopic (exact) mass is 472 g/mol. The van der Waals surface area contributed by atoms with Crippen LogP contribution in [0.5, 0.6) is 0 Å². The number of hydrogen-bond acceptors (Lipinski definition) is 5. The number of aliphatic hydroxyl groups excluding tert-OH is 1. The molecule has 0 radical (unpaired) electrons. The Morgan fingerprint density at radius 2 is 1.72 bits per heavy atom. The summed E-state index contributed by atoms with van der Waals surface area (Å²) in [5.41, 5.74) is 1.33. The minimum absolute atomic E-state index is 0.0912. The summed E-state index contributed by atoms with van der Waals surface area (Å²) in [5, 5.41) is 9.02. The van der Waals surface area contributed by atoms with E-state index < -0.39 is 10.0 Å². The van der Waals surface area contributed by atoms with Gasteiger partial charge < -0.3 is 14.6 Å². The largest absolute Gasteiger partial charge is 0.480 e. The third kappa shape index (κ3) is 16.4. The highest BCUT2D eigenvalue weighted by Gasteiger charge is 2.23. The summed E-state index contributed by atoms with van der Waals surface area (Å²) in [4.78, 5) is 9.24. The zero-order valence-electron chi connectivity index (χ0n) is 22.4. The van der Waals surface area contributed by atoms with Gasteiger partial charge in [0.1, 0.15) is 12.6 Å². The predicted molar refractivity (Wildman–Crippen MR) is 147 cm³/mol. The molecule has 0 aromatic carbocycles. The molecule has 0 aromatic rings. The molecule has 0 bridgehead atoms. The first-order valence-electron chi connectivity index (χ1n) is 12.3. The van der Waals surface area contributed by atoms with Crippen LogP contribution in [0.3, 0.4) is 0 Å². The second-order valence-corrected chi connectivity index (χ2v) is 12.1. The van der Waals surface area contributed by atoms with Crippen molar-refractivity contribution in [2.75, 3.05) is 50.4 Å². The molecular weight excluding hydrogens is 420 g/mol. The van der Waals surface area contributed by atoms with E-state index in [1.165, 1.54) is 12.0 Å². The Bertz CT molecular complexity index is 569. The number of allylic oxidation sites excluding steroid dienone is 2. The maximum Gasteiger partial charge on any atom is 0.209 e. The van der Waals surface area contributed by atoms with Gasteiger partial charge in [0.2, 0.25) is 11.8 Å². The molecule has 1 aliphatic heterocycles. The standard InChI is InChI=1S/C21H38N2O3S.C3H8.C2H6/c1-6-18(12-9-10-14-27(4,5)15-11-13-24)16-19-21(26-8-3)22-17-20(23-19)25-7-2;1-3-2;1-2/h6,9-10,19,24H,7-8,11-17H2,1-5H3;3H2,1-2H3;1-2H3/b10-9-,18-6+;;. The van der Waals surface area contributed by atoms with Crippen LogP contribution < -0.4 is 0 Å². The van der Waals surface area contributed by atoms with Gasteiger partial charge in [0.05, 0.1) is 13.2 Å². The Hall–Kier alpha value is -1.27. The van der Waals surface area contributed by atoms with Crippen LogP contribution in [0.25, 0.3) is 0 Å². The fourth-order valence-electron chi connectivity index (χ4n) is 2.86. The average Bonchev–Trinajstić information content (AvgIpc) is 2.78. The van der Waals surface area contributed by atoms with Crippen LogP contribution in [0, 0.1) is 0 Å². The van der Waals surface area contributed by atoms with Gasteiger partial charge in [-0.1, -0.05) is 57.9 Å². The fraction of sp³-hybridized carbons (Fsp3) is 0.769.